The number of carbonyl (C=O) groups excluding carboxylic acids is 1. The number of benzene rings is 1. The van der Waals surface area contributed by atoms with E-state index in [1.807, 2.05) is 6.92 Å². The minimum absolute atomic E-state index is 0.00530. The fourth-order valence-electron chi connectivity index (χ4n) is 2.19. The smallest absolute Gasteiger partial charge is 0.269 e. The Morgan fingerprint density at radius 3 is 2.61 bits per heavy atom. The maximum atomic E-state index is 12.4. The van der Waals surface area contributed by atoms with E-state index >= 15 is 0 Å². The van der Waals surface area contributed by atoms with Gasteiger partial charge in [0.1, 0.15) is 0 Å². The summed E-state index contributed by atoms with van der Waals surface area (Å²) in [5.74, 6) is -0.200. The molecule has 2 aromatic rings. The van der Waals surface area contributed by atoms with Gasteiger partial charge in [-0.05, 0) is 18.6 Å². The molecule has 0 radical (unpaired) electrons. The third kappa shape index (κ3) is 3.92. The number of nitrogens with zero attached hydrogens (tertiary/aromatic N) is 4. The number of nitro groups is 1. The molecule has 0 aliphatic carbocycles. The van der Waals surface area contributed by atoms with Crippen molar-refractivity contribution < 1.29 is 14.8 Å². The van der Waals surface area contributed by atoms with Crippen molar-refractivity contribution in [2.45, 2.75) is 13.3 Å². The number of non-ortho nitro benzene ring substituents is 1. The van der Waals surface area contributed by atoms with E-state index in [0.717, 1.165) is 6.42 Å². The van der Waals surface area contributed by atoms with E-state index in [4.69, 9.17) is 5.11 Å². The maximum absolute atomic E-state index is 12.4. The van der Waals surface area contributed by atoms with Crippen molar-refractivity contribution in [3.8, 4) is 5.69 Å². The van der Waals surface area contributed by atoms with E-state index in [1.165, 1.54) is 23.0 Å². The Balaban J connectivity index is 2.19. The van der Waals surface area contributed by atoms with E-state index in [0.29, 0.717) is 17.8 Å². The van der Waals surface area contributed by atoms with Crippen LogP contribution in [0.4, 0.5) is 5.69 Å². The summed E-state index contributed by atoms with van der Waals surface area (Å²) in [6.07, 6.45) is 3.82. The molecular weight excluding hydrogens is 300 g/mol. The van der Waals surface area contributed by atoms with Crippen molar-refractivity contribution in [1.29, 1.82) is 0 Å². The van der Waals surface area contributed by atoms with Gasteiger partial charge < -0.3 is 10.0 Å². The number of aliphatic hydroxyl groups is 1. The molecule has 0 atom stereocenters. The SMILES string of the molecule is CCCN(CCO)C(=O)c1cnn(-c2ccc([N+](=O)[O-])cc2)c1. The van der Waals surface area contributed by atoms with Crippen molar-refractivity contribution in [3.63, 3.8) is 0 Å². The van der Waals surface area contributed by atoms with E-state index in [1.54, 1.807) is 23.2 Å². The molecule has 1 heterocycles. The van der Waals surface area contributed by atoms with Crippen LogP contribution in [0.1, 0.15) is 23.7 Å². The van der Waals surface area contributed by atoms with E-state index in [9.17, 15) is 14.9 Å². The van der Waals surface area contributed by atoms with Crippen molar-refractivity contribution in [1.82, 2.24) is 14.7 Å². The number of amides is 1. The van der Waals surface area contributed by atoms with Crippen molar-refractivity contribution in [3.05, 3.63) is 52.3 Å². The lowest BCUT2D eigenvalue weighted by Gasteiger charge is -2.20. The van der Waals surface area contributed by atoms with Gasteiger partial charge in [-0.3, -0.25) is 14.9 Å². The molecule has 23 heavy (non-hydrogen) atoms. The van der Waals surface area contributed by atoms with Gasteiger partial charge in [0.05, 0.1) is 29.0 Å². The second-order valence-electron chi connectivity index (χ2n) is 4.96. The molecule has 1 aromatic carbocycles. The molecule has 0 spiro atoms. The van der Waals surface area contributed by atoms with E-state index in [2.05, 4.69) is 5.10 Å². The predicted octanol–water partition coefficient (Wildman–Crippen LogP) is 1.62. The Hall–Kier alpha value is -2.74. The average Bonchev–Trinajstić information content (AvgIpc) is 3.04. The van der Waals surface area contributed by atoms with Gasteiger partial charge in [-0.2, -0.15) is 5.10 Å². The number of aliphatic hydroxyl groups excluding tert-OH is 1. The summed E-state index contributed by atoms with van der Waals surface area (Å²) in [4.78, 5) is 24.1. The Labute approximate surface area is 133 Å². The Kier molecular flexibility index (Phi) is 5.42. The molecule has 0 saturated heterocycles. The molecular formula is C15H18N4O4. The second-order valence-corrected chi connectivity index (χ2v) is 4.96. The molecule has 0 aliphatic heterocycles. The minimum atomic E-state index is -0.473. The van der Waals surface area contributed by atoms with Gasteiger partial charge in [-0.15, -0.1) is 0 Å². The molecule has 8 nitrogen and oxygen atoms in total. The molecule has 0 fully saturated rings. The van der Waals surface area contributed by atoms with Gasteiger partial charge in [0, 0.05) is 31.4 Å². The number of carbonyl (C=O) groups is 1. The van der Waals surface area contributed by atoms with Crippen molar-refractivity contribution in [2.75, 3.05) is 19.7 Å². The highest BCUT2D eigenvalue weighted by atomic mass is 16.6. The van der Waals surface area contributed by atoms with Crippen LogP contribution in [0.5, 0.6) is 0 Å². The summed E-state index contributed by atoms with van der Waals surface area (Å²) in [7, 11) is 0. The van der Waals surface area contributed by atoms with Crippen molar-refractivity contribution >= 4 is 11.6 Å². The molecule has 1 N–H and O–H groups in total. The average molecular weight is 318 g/mol. The quantitative estimate of drug-likeness (QED) is 0.617. The number of nitro benzene ring substituents is 1. The van der Waals surface area contributed by atoms with Crippen LogP contribution in [0.2, 0.25) is 0 Å². The first-order chi connectivity index (χ1) is 11.1. The largest absolute Gasteiger partial charge is 0.395 e. The van der Waals surface area contributed by atoms with Crippen LogP contribution in [-0.2, 0) is 0 Å². The molecule has 0 saturated carbocycles. The van der Waals surface area contributed by atoms with Gasteiger partial charge >= 0.3 is 0 Å². The second kappa shape index (κ2) is 7.50. The van der Waals surface area contributed by atoms with Gasteiger partial charge in [-0.25, -0.2) is 4.68 Å². The van der Waals surface area contributed by atoms with Crippen LogP contribution >= 0.6 is 0 Å². The highest BCUT2D eigenvalue weighted by Crippen LogP contribution is 2.15. The Bertz CT molecular complexity index is 675. The van der Waals surface area contributed by atoms with Crippen LogP contribution in [0, 0.1) is 10.1 Å². The number of hydrogen-bond donors (Lipinski definition) is 1. The molecule has 2 rings (SSSR count). The first kappa shape index (κ1) is 16.6. The normalized spacial score (nSPS) is 10.5. The summed E-state index contributed by atoms with van der Waals surface area (Å²) in [6, 6.07) is 5.90. The first-order valence-corrected chi connectivity index (χ1v) is 7.26. The monoisotopic (exact) mass is 318 g/mol. The molecule has 1 aromatic heterocycles. The van der Waals surface area contributed by atoms with Gasteiger partial charge in [-0.1, -0.05) is 6.92 Å². The number of hydrogen-bond acceptors (Lipinski definition) is 5. The Morgan fingerprint density at radius 1 is 1.35 bits per heavy atom. The van der Waals surface area contributed by atoms with E-state index < -0.39 is 4.92 Å². The highest BCUT2D eigenvalue weighted by molar-refractivity contribution is 5.93. The zero-order chi connectivity index (χ0) is 16.8. The van der Waals surface area contributed by atoms with Crippen LogP contribution < -0.4 is 0 Å². The van der Waals surface area contributed by atoms with Crippen LogP contribution in [0.25, 0.3) is 5.69 Å². The minimum Gasteiger partial charge on any atom is -0.395 e. The number of aromatic nitrogens is 2. The summed E-state index contributed by atoms with van der Waals surface area (Å²) >= 11 is 0. The number of rotatable bonds is 7. The van der Waals surface area contributed by atoms with E-state index in [-0.39, 0.29) is 24.7 Å². The van der Waals surface area contributed by atoms with Gasteiger partial charge in [0.25, 0.3) is 11.6 Å². The van der Waals surface area contributed by atoms with Crippen LogP contribution in [-0.4, -0.2) is 50.3 Å². The molecule has 0 unspecified atom stereocenters. The first-order valence-electron chi connectivity index (χ1n) is 7.26. The lowest BCUT2D eigenvalue weighted by atomic mass is 10.2. The van der Waals surface area contributed by atoms with Crippen LogP contribution in [0.3, 0.4) is 0 Å². The molecule has 1 amide bonds. The summed E-state index contributed by atoms with van der Waals surface area (Å²) in [5.41, 5.74) is 1.03. The maximum Gasteiger partial charge on any atom is 0.269 e. The predicted molar refractivity (Wildman–Crippen MR) is 83.5 cm³/mol. The molecule has 0 aliphatic rings. The fraction of sp³-hybridized carbons (Fsp3) is 0.333. The fourth-order valence-corrected chi connectivity index (χ4v) is 2.19. The standard InChI is InChI=1S/C15H18N4O4/c1-2-7-17(8-9-20)15(21)12-10-16-18(11-12)13-3-5-14(6-4-13)19(22)23/h3-6,10-11,20H,2,7-9H2,1H3. The third-order valence-electron chi connectivity index (χ3n) is 3.31. The summed E-state index contributed by atoms with van der Waals surface area (Å²) in [5, 5.41) is 23.8. The van der Waals surface area contributed by atoms with Gasteiger partial charge in [0.2, 0.25) is 0 Å². The highest BCUT2D eigenvalue weighted by Gasteiger charge is 2.17. The summed E-state index contributed by atoms with van der Waals surface area (Å²) in [6.45, 7) is 2.69. The zero-order valence-corrected chi connectivity index (χ0v) is 12.8. The third-order valence-corrected chi connectivity index (χ3v) is 3.31. The molecule has 8 heteroatoms. The molecule has 122 valence electrons. The topological polar surface area (TPSA) is 102 Å². The van der Waals surface area contributed by atoms with Crippen LogP contribution in [0.15, 0.2) is 36.7 Å². The van der Waals surface area contributed by atoms with Gasteiger partial charge in [0.15, 0.2) is 0 Å². The Morgan fingerprint density at radius 2 is 2.04 bits per heavy atom. The lowest BCUT2D eigenvalue weighted by molar-refractivity contribution is -0.384. The summed E-state index contributed by atoms with van der Waals surface area (Å²) < 4.78 is 1.49. The lowest BCUT2D eigenvalue weighted by Crippen LogP contribution is -2.34. The van der Waals surface area contributed by atoms with Crippen molar-refractivity contribution in [2.24, 2.45) is 0 Å². The zero-order valence-electron chi connectivity index (χ0n) is 12.8. The molecule has 0 bridgehead atoms.